The Bertz CT molecular complexity index is 697. The standard InChI is InChI=1S/C29H48O/c1-7-21-24-12-11-22-25-14-13-23(20(4)10-8-9-19(2)3)28(25,5)17-15-26(22)29(24,6)18-16-27(21)30/h9,20-21,23-25,27,30H,7-8,10-18H2,1-6H3/t20-,21?,23-,24?,25+,27-,28-,29+/m1/s1. The number of aliphatic hydroxyl groups is 1. The summed E-state index contributed by atoms with van der Waals surface area (Å²) in [5.74, 6) is 3.84. The number of aliphatic hydroxyl groups excluding tert-OH is 1. The van der Waals surface area contributed by atoms with Gasteiger partial charge in [-0.05, 0) is 118 Å². The van der Waals surface area contributed by atoms with Crippen molar-refractivity contribution < 1.29 is 5.11 Å². The lowest BCUT2D eigenvalue weighted by molar-refractivity contribution is -0.0429. The summed E-state index contributed by atoms with van der Waals surface area (Å²) in [6.45, 7) is 14.6. The lowest BCUT2D eigenvalue weighted by Crippen LogP contribution is -2.49. The van der Waals surface area contributed by atoms with E-state index in [1.807, 2.05) is 11.1 Å². The van der Waals surface area contributed by atoms with Crippen LogP contribution in [0.15, 0.2) is 22.8 Å². The maximum absolute atomic E-state index is 10.7. The average molecular weight is 413 g/mol. The van der Waals surface area contributed by atoms with Gasteiger partial charge in [-0.1, -0.05) is 56.9 Å². The Balaban J connectivity index is 1.57. The third-order valence-electron chi connectivity index (χ3n) is 10.7. The first-order valence-electron chi connectivity index (χ1n) is 13.3. The molecule has 1 heteroatoms. The second-order valence-electron chi connectivity index (χ2n) is 12.3. The van der Waals surface area contributed by atoms with Gasteiger partial charge in [0, 0.05) is 0 Å². The van der Waals surface area contributed by atoms with Crippen molar-refractivity contribution in [3.8, 4) is 0 Å². The number of hydrogen-bond donors (Lipinski definition) is 1. The Labute approximate surface area is 186 Å². The summed E-state index contributed by atoms with van der Waals surface area (Å²) in [5, 5.41) is 10.7. The van der Waals surface area contributed by atoms with Gasteiger partial charge in [-0.2, -0.15) is 0 Å². The summed E-state index contributed by atoms with van der Waals surface area (Å²) in [6, 6.07) is 0. The molecule has 2 fully saturated rings. The molecule has 0 bridgehead atoms. The summed E-state index contributed by atoms with van der Waals surface area (Å²) >= 11 is 0. The van der Waals surface area contributed by atoms with Gasteiger partial charge >= 0.3 is 0 Å². The van der Waals surface area contributed by atoms with E-state index in [1.54, 1.807) is 0 Å². The van der Waals surface area contributed by atoms with Crippen LogP contribution in [0, 0.1) is 40.4 Å². The molecule has 0 heterocycles. The van der Waals surface area contributed by atoms with E-state index in [0.29, 0.717) is 16.7 Å². The smallest absolute Gasteiger partial charge is 0.0571 e. The van der Waals surface area contributed by atoms with Gasteiger partial charge in [0.1, 0.15) is 0 Å². The van der Waals surface area contributed by atoms with E-state index >= 15 is 0 Å². The van der Waals surface area contributed by atoms with Gasteiger partial charge in [-0.25, -0.2) is 0 Å². The first kappa shape index (κ1) is 22.6. The van der Waals surface area contributed by atoms with Gasteiger partial charge < -0.3 is 5.11 Å². The second-order valence-corrected chi connectivity index (χ2v) is 12.3. The van der Waals surface area contributed by atoms with Crippen LogP contribution in [0.25, 0.3) is 0 Å². The highest BCUT2D eigenvalue weighted by molar-refractivity contribution is 5.34. The van der Waals surface area contributed by atoms with Crippen LogP contribution in [0.3, 0.4) is 0 Å². The third-order valence-corrected chi connectivity index (χ3v) is 10.7. The normalized spacial score (nSPS) is 44.2. The highest BCUT2D eigenvalue weighted by Crippen LogP contribution is 2.66. The third kappa shape index (κ3) is 3.56. The van der Waals surface area contributed by atoms with Crippen LogP contribution in [-0.2, 0) is 0 Å². The average Bonchev–Trinajstić information content (AvgIpc) is 3.05. The molecular formula is C29H48O. The number of rotatable bonds is 5. The van der Waals surface area contributed by atoms with Crippen molar-refractivity contribution in [2.45, 2.75) is 118 Å². The van der Waals surface area contributed by atoms with Gasteiger partial charge in [0.15, 0.2) is 0 Å². The molecule has 0 radical (unpaired) electrons. The van der Waals surface area contributed by atoms with Crippen molar-refractivity contribution in [1.82, 2.24) is 0 Å². The molecule has 2 unspecified atom stereocenters. The summed E-state index contributed by atoms with van der Waals surface area (Å²) in [5.41, 5.74) is 6.17. The predicted molar refractivity (Wildman–Crippen MR) is 128 cm³/mol. The van der Waals surface area contributed by atoms with E-state index < -0.39 is 0 Å². The van der Waals surface area contributed by atoms with Crippen LogP contribution in [0.4, 0.5) is 0 Å². The molecular weight excluding hydrogens is 364 g/mol. The van der Waals surface area contributed by atoms with Crippen LogP contribution in [-0.4, -0.2) is 11.2 Å². The summed E-state index contributed by atoms with van der Waals surface area (Å²) in [7, 11) is 0. The molecule has 1 N–H and O–H groups in total. The highest BCUT2D eigenvalue weighted by atomic mass is 16.3. The monoisotopic (exact) mass is 412 g/mol. The minimum atomic E-state index is -0.0541. The molecule has 0 aliphatic heterocycles. The zero-order chi connectivity index (χ0) is 21.7. The Morgan fingerprint density at radius 2 is 1.87 bits per heavy atom. The van der Waals surface area contributed by atoms with Gasteiger partial charge in [-0.15, -0.1) is 0 Å². The molecule has 170 valence electrons. The van der Waals surface area contributed by atoms with Crippen molar-refractivity contribution >= 4 is 0 Å². The van der Waals surface area contributed by atoms with Crippen molar-refractivity contribution in [1.29, 1.82) is 0 Å². The first-order valence-corrected chi connectivity index (χ1v) is 13.3. The molecule has 1 nitrogen and oxygen atoms in total. The molecule has 4 aliphatic carbocycles. The lowest BCUT2D eigenvalue weighted by Gasteiger charge is -2.57. The molecule has 4 rings (SSSR count). The van der Waals surface area contributed by atoms with E-state index in [2.05, 4.69) is 47.6 Å². The number of allylic oxidation sites excluding steroid dienone is 4. The van der Waals surface area contributed by atoms with Crippen molar-refractivity contribution in [3.63, 3.8) is 0 Å². The summed E-state index contributed by atoms with van der Waals surface area (Å²) < 4.78 is 0. The fraction of sp³-hybridized carbons (Fsp3) is 0.862. The maximum atomic E-state index is 10.7. The van der Waals surface area contributed by atoms with Crippen LogP contribution in [0.2, 0.25) is 0 Å². The predicted octanol–water partition coefficient (Wildman–Crippen LogP) is 8.09. The quantitative estimate of drug-likeness (QED) is 0.452. The summed E-state index contributed by atoms with van der Waals surface area (Å²) in [4.78, 5) is 0. The molecule has 0 aromatic heterocycles. The van der Waals surface area contributed by atoms with Gasteiger partial charge in [0.05, 0.1) is 6.10 Å². The molecule has 0 aromatic rings. The van der Waals surface area contributed by atoms with Gasteiger partial charge in [-0.3, -0.25) is 0 Å². The van der Waals surface area contributed by atoms with Crippen LogP contribution in [0.1, 0.15) is 112 Å². The van der Waals surface area contributed by atoms with E-state index in [-0.39, 0.29) is 6.10 Å². The first-order chi connectivity index (χ1) is 14.2. The van der Waals surface area contributed by atoms with E-state index in [0.717, 1.165) is 36.5 Å². The minimum Gasteiger partial charge on any atom is -0.393 e. The van der Waals surface area contributed by atoms with E-state index in [4.69, 9.17) is 0 Å². The Hall–Kier alpha value is -0.560. The second kappa shape index (κ2) is 8.42. The van der Waals surface area contributed by atoms with Crippen LogP contribution < -0.4 is 0 Å². The van der Waals surface area contributed by atoms with Crippen molar-refractivity contribution in [3.05, 3.63) is 22.8 Å². The van der Waals surface area contributed by atoms with E-state index in [9.17, 15) is 5.11 Å². The lowest BCUT2D eigenvalue weighted by atomic mass is 9.48. The zero-order valence-electron chi connectivity index (χ0n) is 20.8. The largest absolute Gasteiger partial charge is 0.393 e. The molecule has 4 aliphatic rings. The molecule has 0 aromatic carbocycles. The molecule has 0 saturated heterocycles. The van der Waals surface area contributed by atoms with Crippen LogP contribution in [0.5, 0.6) is 0 Å². The molecule has 2 saturated carbocycles. The van der Waals surface area contributed by atoms with Gasteiger partial charge in [0.2, 0.25) is 0 Å². The maximum Gasteiger partial charge on any atom is 0.0571 e. The zero-order valence-corrected chi connectivity index (χ0v) is 20.8. The van der Waals surface area contributed by atoms with E-state index in [1.165, 1.54) is 63.4 Å². The highest BCUT2D eigenvalue weighted by Gasteiger charge is 2.57. The Morgan fingerprint density at radius 3 is 2.57 bits per heavy atom. The fourth-order valence-corrected chi connectivity index (χ4v) is 9.07. The number of fused-ring (bicyclic) bond motifs is 4. The molecule has 30 heavy (non-hydrogen) atoms. The van der Waals surface area contributed by atoms with Crippen molar-refractivity contribution in [2.24, 2.45) is 40.4 Å². The fourth-order valence-electron chi connectivity index (χ4n) is 9.07. The van der Waals surface area contributed by atoms with Crippen molar-refractivity contribution in [2.75, 3.05) is 0 Å². The van der Waals surface area contributed by atoms with Gasteiger partial charge in [0.25, 0.3) is 0 Å². The van der Waals surface area contributed by atoms with Crippen LogP contribution >= 0.6 is 0 Å². The molecule has 0 amide bonds. The summed E-state index contributed by atoms with van der Waals surface area (Å²) in [6.07, 6.45) is 16.7. The Morgan fingerprint density at radius 1 is 1.10 bits per heavy atom. The topological polar surface area (TPSA) is 20.2 Å². The molecule has 0 spiro atoms. The number of hydrogen-bond acceptors (Lipinski definition) is 1. The minimum absolute atomic E-state index is 0.0541. The molecule has 8 atom stereocenters. The Kier molecular flexibility index (Phi) is 6.35. The SMILES string of the molecule is CCC1C2CCC3=C(CC[C@]4(C)[C@@H]([C@H](C)CCC=C(C)C)CC[C@@H]34)[C@@]2(C)CC[C@H]1O.